The van der Waals surface area contributed by atoms with Crippen LogP contribution in [0.4, 0.5) is 0 Å². The lowest BCUT2D eigenvalue weighted by molar-refractivity contribution is -0.192. The minimum absolute atomic E-state index is 0.0206. The van der Waals surface area contributed by atoms with E-state index in [0.717, 1.165) is 12.8 Å². The number of hydrogen-bond acceptors (Lipinski definition) is 2. The van der Waals surface area contributed by atoms with Crippen LogP contribution in [-0.2, 0) is 9.53 Å². The van der Waals surface area contributed by atoms with Crippen molar-refractivity contribution < 1.29 is 9.53 Å². The summed E-state index contributed by atoms with van der Waals surface area (Å²) in [4.78, 5) is 11.6. The van der Waals surface area contributed by atoms with Gasteiger partial charge in [0.25, 0.3) is 0 Å². The number of ether oxygens (including phenoxy) is 1. The van der Waals surface area contributed by atoms with Gasteiger partial charge in [-0.05, 0) is 25.2 Å². The molecule has 90 valence electrons. The molecule has 3 rings (SSSR count). The molecule has 0 unspecified atom stereocenters. The molecule has 0 aromatic heterocycles. The van der Waals surface area contributed by atoms with Crippen LogP contribution in [0, 0.1) is 17.3 Å². The monoisotopic (exact) mass is 222 g/mol. The van der Waals surface area contributed by atoms with Crippen LogP contribution in [0.1, 0.15) is 47.0 Å². The summed E-state index contributed by atoms with van der Waals surface area (Å²) in [6.07, 6.45) is 4.96. The van der Waals surface area contributed by atoms with Gasteiger partial charge in [0.15, 0.2) is 0 Å². The highest BCUT2D eigenvalue weighted by atomic mass is 16.5. The van der Waals surface area contributed by atoms with Crippen LogP contribution < -0.4 is 0 Å². The first-order valence-electron chi connectivity index (χ1n) is 6.34. The molecule has 1 saturated carbocycles. The number of rotatable bonds is 3. The zero-order valence-corrected chi connectivity index (χ0v) is 10.7. The van der Waals surface area contributed by atoms with Crippen LogP contribution in [0.5, 0.6) is 0 Å². The molecule has 3 aliphatic rings. The maximum Gasteiger partial charge on any atom is 0.306 e. The van der Waals surface area contributed by atoms with Crippen LogP contribution in [0.25, 0.3) is 0 Å². The van der Waals surface area contributed by atoms with Gasteiger partial charge >= 0.3 is 5.97 Å². The normalized spacial score (nSPS) is 35.0. The van der Waals surface area contributed by atoms with E-state index in [2.05, 4.69) is 26.8 Å². The zero-order chi connectivity index (χ0) is 11.9. The number of hydrogen-bond donors (Lipinski definition) is 0. The molecule has 2 nitrogen and oxygen atoms in total. The van der Waals surface area contributed by atoms with Crippen molar-refractivity contribution in [2.75, 3.05) is 0 Å². The molecule has 0 N–H and O–H groups in total. The molecule has 0 saturated heterocycles. The zero-order valence-electron chi connectivity index (χ0n) is 10.7. The van der Waals surface area contributed by atoms with E-state index < -0.39 is 0 Å². The lowest BCUT2D eigenvalue weighted by Gasteiger charge is -2.60. The molecular formula is C14H22O2. The molecule has 0 radical (unpaired) electrons. The van der Waals surface area contributed by atoms with Gasteiger partial charge in [-0.15, -0.1) is 0 Å². The number of carbonyl (C=O) groups is 1. The average molecular weight is 222 g/mol. The predicted molar refractivity (Wildman–Crippen MR) is 63.9 cm³/mol. The molecule has 3 atom stereocenters. The highest BCUT2D eigenvalue weighted by Gasteiger charge is 2.60. The van der Waals surface area contributed by atoms with E-state index in [-0.39, 0.29) is 12.1 Å². The van der Waals surface area contributed by atoms with Crippen molar-refractivity contribution in [3.8, 4) is 0 Å². The van der Waals surface area contributed by atoms with E-state index >= 15 is 0 Å². The van der Waals surface area contributed by atoms with Gasteiger partial charge in [0.05, 0.1) is 0 Å². The summed E-state index contributed by atoms with van der Waals surface area (Å²) in [5, 5.41) is 0. The Bertz CT molecular complexity index is 328. The first-order chi connectivity index (χ1) is 7.48. The Hall–Kier alpha value is -0.790. The lowest BCUT2D eigenvalue weighted by atomic mass is 9.47. The van der Waals surface area contributed by atoms with Gasteiger partial charge in [-0.1, -0.05) is 32.4 Å². The van der Waals surface area contributed by atoms with Gasteiger partial charge in [-0.3, -0.25) is 4.79 Å². The fourth-order valence-corrected chi connectivity index (χ4v) is 3.48. The van der Waals surface area contributed by atoms with E-state index in [9.17, 15) is 4.79 Å². The molecule has 0 aromatic carbocycles. The van der Waals surface area contributed by atoms with Crippen molar-refractivity contribution in [2.24, 2.45) is 17.3 Å². The Balaban J connectivity index is 2.05. The largest absolute Gasteiger partial charge is 0.461 e. The van der Waals surface area contributed by atoms with Crippen LogP contribution in [0.3, 0.4) is 0 Å². The standard InChI is InChI=1S/C14H22O2/c1-5-6-11(15)16-13-10-8-7-9(2)12(13)14(10,3)4/h7,10,12-13H,5-6,8H2,1-4H3/t10-,12+,13+/m0/s1. The smallest absolute Gasteiger partial charge is 0.306 e. The second-order valence-electron chi connectivity index (χ2n) is 5.79. The highest BCUT2D eigenvalue weighted by Crippen LogP contribution is 2.60. The molecule has 2 heteroatoms. The van der Waals surface area contributed by atoms with E-state index in [4.69, 9.17) is 4.74 Å². The van der Waals surface area contributed by atoms with Gasteiger partial charge in [0.1, 0.15) is 6.10 Å². The molecule has 0 aliphatic heterocycles. The number of fused-ring (bicyclic) bond motifs is 1. The summed E-state index contributed by atoms with van der Waals surface area (Å²) in [6.45, 7) is 8.77. The molecule has 0 aromatic rings. The maximum absolute atomic E-state index is 11.6. The quantitative estimate of drug-likeness (QED) is 0.541. The van der Waals surface area contributed by atoms with Crippen LogP contribution in [0.15, 0.2) is 11.6 Å². The molecule has 0 heterocycles. The SMILES string of the molecule is CCCC(=O)O[C@H]1[C@H]2C(C)=CC[C@@H]1C2(C)C. The summed E-state index contributed by atoms with van der Waals surface area (Å²) in [6, 6.07) is 0. The highest BCUT2D eigenvalue weighted by molar-refractivity contribution is 5.69. The minimum atomic E-state index is -0.0206. The first-order valence-corrected chi connectivity index (χ1v) is 6.34. The third-order valence-electron chi connectivity index (χ3n) is 4.39. The summed E-state index contributed by atoms with van der Waals surface area (Å²) in [5.41, 5.74) is 1.72. The van der Waals surface area contributed by atoms with Gasteiger partial charge < -0.3 is 4.74 Å². The van der Waals surface area contributed by atoms with Crippen molar-refractivity contribution in [3.63, 3.8) is 0 Å². The van der Waals surface area contributed by atoms with Crippen molar-refractivity contribution in [1.82, 2.24) is 0 Å². The fraction of sp³-hybridized carbons (Fsp3) is 0.786. The van der Waals surface area contributed by atoms with Gasteiger partial charge in [0, 0.05) is 18.3 Å². The summed E-state index contributed by atoms with van der Waals surface area (Å²) in [7, 11) is 0. The molecule has 16 heavy (non-hydrogen) atoms. The average Bonchev–Trinajstić information content (AvgIpc) is 2.16. The Morgan fingerprint density at radius 2 is 2.25 bits per heavy atom. The topological polar surface area (TPSA) is 26.3 Å². The van der Waals surface area contributed by atoms with Crippen molar-refractivity contribution in [3.05, 3.63) is 11.6 Å². The maximum atomic E-state index is 11.6. The van der Waals surface area contributed by atoms with E-state index in [1.54, 1.807) is 0 Å². The Kier molecular flexibility index (Phi) is 2.85. The number of carbonyl (C=O) groups excluding carboxylic acids is 1. The second-order valence-corrected chi connectivity index (χ2v) is 5.79. The molecule has 2 bridgehead atoms. The minimum Gasteiger partial charge on any atom is -0.461 e. The van der Waals surface area contributed by atoms with E-state index in [1.165, 1.54) is 5.57 Å². The third-order valence-corrected chi connectivity index (χ3v) is 4.39. The van der Waals surface area contributed by atoms with Gasteiger partial charge in [-0.2, -0.15) is 0 Å². The summed E-state index contributed by atoms with van der Waals surface area (Å²) >= 11 is 0. The second kappa shape index (κ2) is 3.90. The molecule has 3 aliphatic carbocycles. The van der Waals surface area contributed by atoms with Crippen molar-refractivity contribution in [1.29, 1.82) is 0 Å². The molecular weight excluding hydrogens is 200 g/mol. The van der Waals surface area contributed by atoms with Crippen LogP contribution in [-0.4, -0.2) is 12.1 Å². The molecule has 0 spiro atoms. The van der Waals surface area contributed by atoms with Crippen LogP contribution >= 0.6 is 0 Å². The Morgan fingerprint density at radius 3 is 2.75 bits per heavy atom. The first kappa shape index (κ1) is 11.7. The van der Waals surface area contributed by atoms with Gasteiger partial charge in [0.2, 0.25) is 0 Å². The summed E-state index contributed by atoms with van der Waals surface area (Å²) < 4.78 is 5.62. The van der Waals surface area contributed by atoms with E-state index in [1.807, 2.05) is 6.92 Å². The van der Waals surface area contributed by atoms with Crippen molar-refractivity contribution in [2.45, 2.75) is 53.1 Å². The number of allylic oxidation sites excluding steroid dienone is 1. The Morgan fingerprint density at radius 1 is 1.56 bits per heavy atom. The number of esters is 1. The van der Waals surface area contributed by atoms with E-state index in [0.29, 0.717) is 23.7 Å². The summed E-state index contributed by atoms with van der Waals surface area (Å²) in [5.74, 6) is 0.960. The predicted octanol–water partition coefficient (Wildman–Crippen LogP) is 3.32. The molecule has 0 amide bonds. The van der Waals surface area contributed by atoms with Crippen molar-refractivity contribution >= 4 is 5.97 Å². The third kappa shape index (κ3) is 1.59. The van der Waals surface area contributed by atoms with Crippen LogP contribution in [0.2, 0.25) is 0 Å². The lowest BCUT2D eigenvalue weighted by Crippen LogP contribution is -2.61. The van der Waals surface area contributed by atoms with Gasteiger partial charge in [-0.25, -0.2) is 0 Å². The molecule has 1 fully saturated rings. The fourth-order valence-electron chi connectivity index (χ4n) is 3.48. The Labute approximate surface area is 98.1 Å².